The Labute approximate surface area is 111 Å². The zero-order valence-electron chi connectivity index (χ0n) is 9.79. The van der Waals surface area contributed by atoms with Crippen molar-refractivity contribution in [3.8, 4) is 11.5 Å². The van der Waals surface area contributed by atoms with Gasteiger partial charge in [-0.2, -0.15) is 12.6 Å². The molecule has 4 heteroatoms. The van der Waals surface area contributed by atoms with Gasteiger partial charge in [0.15, 0.2) is 11.5 Å². The molecule has 0 bridgehead atoms. The Kier molecular flexibility index (Phi) is 5.49. The third-order valence-corrected chi connectivity index (χ3v) is 3.79. The number of benzene rings is 1. The van der Waals surface area contributed by atoms with Gasteiger partial charge in [-0.15, -0.1) is 0 Å². The predicted molar refractivity (Wildman–Crippen MR) is 74.0 cm³/mol. The normalized spacial score (nSPS) is 12.3. The molecule has 0 saturated carbocycles. The Hall–Kier alpha value is -0.350. The summed E-state index contributed by atoms with van der Waals surface area (Å²) in [6.07, 6.45) is 0.977. The van der Waals surface area contributed by atoms with Crippen LogP contribution in [0.3, 0.4) is 0 Å². The van der Waals surface area contributed by atoms with E-state index in [2.05, 4.69) is 35.5 Å². The standard InChI is InChI=1S/C12H17BrO2S/c1-8(7-16)4-9-5-11(14-2)12(15-3)6-10(9)13/h5-6,8,16H,4,7H2,1-3H3. The molecular weight excluding hydrogens is 288 g/mol. The fourth-order valence-corrected chi connectivity index (χ4v) is 2.11. The minimum absolute atomic E-state index is 0.540. The van der Waals surface area contributed by atoms with Crippen molar-refractivity contribution in [3.63, 3.8) is 0 Å². The molecule has 0 aliphatic heterocycles. The lowest BCUT2D eigenvalue weighted by Crippen LogP contribution is -2.02. The van der Waals surface area contributed by atoms with Gasteiger partial charge in [0.25, 0.3) is 0 Å². The average Bonchev–Trinajstić information content (AvgIpc) is 2.30. The number of methoxy groups -OCH3 is 2. The summed E-state index contributed by atoms with van der Waals surface area (Å²) in [7, 11) is 3.29. The number of halogens is 1. The maximum atomic E-state index is 5.28. The molecule has 1 unspecified atom stereocenters. The summed E-state index contributed by atoms with van der Waals surface area (Å²) < 4.78 is 11.6. The van der Waals surface area contributed by atoms with E-state index in [4.69, 9.17) is 9.47 Å². The van der Waals surface area contributed by atoms with E-state index in [1.165, 1.54) is 5.56 Å². The molecule has 0 spiro atoms. The minimum atomic E-state index is 0.540. The van der Waals surface area contributed by atoms with E-state index in [1.54, 1.807) is 14.2 Å². The fourth-order valence-electron chi connectivity index (χ4n) is 1.49. The van der Waals surface area contributed by atoms with Gasteiger partial charge in [-0.05, 0) is 35.8 Å². The number of ether oxygens (including phenoxy) is 2. The Bertz CT molecular complexity index is 355. The van der Waals surface area contributed by atoms with Gasteiger partial charge in [-0.1, -0.05) is 22.9 Å². The van der Waals surface area contributed by atoms with Gasteiger partial charge in [0.1, 0.15) is 0 Å². The first-order valence-electron chi connectivity index (χ1n) is 5.13. The van der Waals surface area contributed by atoms with Crippen LogP contribution in [0.2, 0.25) is 0 Å². The summed E-state index contributed by atoms with van der Waals surface area (Å²) in [6, 6.07) is 3.96. The highest BCUT2D eigenvalue weighted by molar-refractivity contribution is 9.10. The van der Waals surface area contributed by atoms with E-state index in [-0.39, 0.29) is 0 Å². The second kappa shape index (κ2) is 6.40. The predicted octanol–water partition coefficient (Wildman–Crippen LogP) is 3.57. The van der Waals surface area contributed by atoms with Crippen LogP contribution in [0.5, 0.6) is 11.5 Å². The zero-order valence-corrected chi connectivity index (χ0v) is 12.3. The van der Waals surface area contributed by atoms with Gasteiger partial charge in [0.2, 0.25) is 0 Å². The number of hydrogen-bond acceptors (Lipinski definition) is 3. The van der Waals surface area contributed by atoms with Crippen LogP contribution < -0.4 is 9.47 Å². The van der Waals surface area contributed by atoms with Crippen LogP contribution in [0, 0.1) is 5.92 Å². The Morgan fingerprint density at radius 2 is 1.81 bits per heavy atom. The van der Waals surface area contributed by atoms with Crippen LogP contribution in [0.15, 0.2) is 16.6 Å². The lowest BCUT2D eigenvalue weighted by Gasteiger charge is -2.14. The molecule has 1 aromatic rings. The molecule has 1 atom stereocenters. The Morgan fingerprint density at radius 1 is 1.25 bits per heavy atom. The molecule has 0 amide bonds. The molecule has 0 radical (unpaired) electrons. The lowest BCUT2D eigenvalue weighted by atomic mass is 10.0. The van der Waals surface area contributed by atoms with Crippen LogP contribution in [-0.2, 0) is 6.42 Å². The summed E-state index contributed by atoms with van der Waals surface area (Å²) >= 11 is 7.84. The molecule has 0 aliphatic rings. The molecule has 2 nitrogen and oxygen atoms in total. The SMILES string of the molecule is COc1cc(Br)c(CC(C)CS)cc1OC. The highest BCUT2D eigenvalue weighted by Gasteiger charge is 2.11. The van der Waals surface area contributed by atoms with Crippen molar-refractivity contribution in [1.82, 2.24) is 0 Å². The van der Waals surface area contributed by atoms with Crippen molar-refractivity contribution in [2.45, 2.75) is 13.3 Å². The molecule has 1 aromatic carbocycles. The first-order chi connectivity index (χ1) is 7.62. The maximum Gasteiger partial charge on any atom is 0.161 e. The van der Waals surface area contributed by atoms with E-state index < -0.39 is 0 Å². The average molecular weight is 305 g/mol. The topological polar surface area (TPSA) is 18.5 Å². The first-order valence-corrected chi connectivity index (χ1v) is 6.56. The summed E-state index contributed by atoms with van der Waals surface area (Å²) in [5.41, 5.74) is 1.22. The molecular formula is C12H17BrO2S. The Balaban J connectivity index is 3.01. The molecule has 0 aliphatic carbocycles. The van der Waals surface area contributed by atoms with Crippen molar-refractivity contribution in [2.75, 3.05) is 20.0 Å². The summed E-state index contributed by atoms with van der Waals surface area (Å²) in [5.74, 6) is 2.93. The lowest BCUT2D eigenvalue weighted by molar-refractivity contribution is 0.354. The Morgan fingerprint density at radius 3 is 2.31 bits per heavy atom. The first kappa shape index (κ1) is 13.7. The monoisotopic (exact) mass is 304 g/mol. The molecule has 0 N–H and O–H groups in total. The smallest absolute Gasteiger partial charge is 0.161 e. The van der Waals surface area contributed by atoms with Crippen LogP contribution >= 0.6 is 28.6 Å². The minimum Gasteiger partial charge on any atom is -0.493 e. The highest BCUT2D eigenvalue weighted by Crippen LogP contribution is 2.34. The van der Waals surface area contributed by atoms with Crippen molar-refractivity contribution in [3.05, 3.63) is 22.2 Å². The molecule has 0 fully saturated rings. The molecule has 16 heavy (non-hydrogen) atoms. The fraction of sp³-hybridized carbons (Fsp3) is 0.500. The third kappa shape index (κ3) is 3.32. The van der Waals surface area contributed by atoms with Gasteiger partial charge in [-0.3, -0.25) is 0 Å². The zero-order chi connectivity index (χ0) is 12.1. The van der Waals surface area contributed by atoms with Gasteiger partial charge in [0, 0.05) is 4.47 Å². The second-order valence-corrected chi connectivity index (χ2v) is 5.01. The van der Waals surface area contributed by atoms with Crippen molar-refractivity contribution in [1.29, 1.82) is 0 Å². The molecule has 90 valence electrons. The van der Waals surface area contributed by atoms with Crippen LogP contribution in [0.4, 0.5) is 0 Å². The molecule has 0 heterocycles. The van der Waals surface area contributed by atoms with Gasteiger partial charge >= 0.3 is 0 Å². The van der Waals surface area contributed by atoms with E-state index >= 15 is 0 Å². The molecule has 0 saturated heterocycles. The van der Waals surface area contributed by atoms with Crippen molar-refractivity contribution in [2.24, 2.45) is 5.92 Å². The van der Waals surface area contributed by atoms with Gasteiger partial charge < -0.3 is 9.47 Å². The summed E-state index contributed by atoms with van der Waals surface area (Å²) in [4.78, 5) is 0. The number of hydrogen-bond donors (Lipinski definition) is 1. The maximum absolute atomic E-state index is 5.28. The van der Waals surface area contributed by atoms with Crippen LogP contribution in [0.25, 0.3) is 0 Å². The van der Waals surface area contributed by atoms with Gasteiger partial charge in [0.05, 0.1) is 14.2 Å². The van der Waals surface area contributed by atoms with E-state index in [9.17, 15) is 0 Å². The van der Waals surface area contributed by atoms with Crippen LogP contribution in [-0.4, -0.2) is 20.0 Å². The highest BCUT2D eigenvalue weighted by atomic mass is 79.9. The van der Waals surface area contributed by atoms with Crippen molar-refractivity contribution < 1.29 is 9.47 Å². The van der Waals surface area contributed by atoms with Crippen LogP contribution in [0.1, 0.15) is 12.5 Å². The molecule has 0 aromatic heterocycles. The molecule has 1 rings (SSSR count). The number of thiol groups is 1. The van der Waals surface area contributed by atoms with E-state index in [0.29, 0.717) is 5.92 Å². The second-order valence-electron chi connectivity index (χ2n) is 3.79. The van der Waals surface area contributed by atoms with Gasteiger partial charge in [-0.25, -0.2) is 0 Å². The van der Waals surface area contributed by atoms with E-state index in [0.717, 1.165) is 28.1 Å². The number of rotatable bonds is 5. The third-order valence-electron chi connectivity index (χ3n) is 2.43. The summed E-state index contributed by atoms with van der Waals surface area (Å²) in [6.45, 7) is 2.18. The summed E-state index contributed by atoms with van der Waals surface area (Å²) in [5, 5.41) is 0. The quantitative estimate of drug-likeness (QED) is 0.838. The van der Waals surface area contributed by atoms with Crippen molar-refractivity contribution >= 4 is 28.6 Å². The van der Waals surface area contributed by atoms with E-state index in [1.807, 2.05) is 12.1 Å². The largest absolute Gasteiger partial charge is 0.493 e.